The Morgan fingerprint density at radius 3 is 2.78 bits per heavy atom. The van der Waals surface area contributed by atoms with Gasteiger partial charge in [-0.2, -0.15) is 0 Å². The number of rotatable bonds is 5. The summed E-state index contributed by atoms with van der Waals surface area (Å²) in [4.78, 5) is 9.18. The maximum atomic E-state index is 13.6. The fraction of sp³-hybridized carbons (Fsp3) is 0.294. The van der Waals surface area contributed by atoms with Crippen molar-refractivity contribution in [3.05, 3.63) is 53.6 Å². The number of fused-ring (bicyclic) bond motifs is 1. The quantitative estimate of drug-likeness (QED) is 0.508. The molecule has 2 heterocycles. The predicted molar refractivity (Wildman–Crippen MR) is 88.7 cm³/mol. The van der Waals surface area contributed by atoms with Gasteiger partial charge in [-0.15, -0.1) is 11.8 Å². The van der Waals surface area contributed by atoms with Crippen molar-refractivity contribution in [2.45, 2.75) is 31.7 Å². The number of benzene rings is 1. The van der Waals surface area contributed by atoms with Crippen molar-refractivity contribution in [1.29, 1.82) is 0 Å². The molecule has 0 bridgehead atoms. The van der Waals surface area contributed by atoms with Crippen molar-refractivity contribution in [2.24, 2.45) is 0 Å². The van der Waals surface area contributed by atoms with Gasteiger partial charge in [0, 0.05) is 23.7 Å². The van der Waals surface area contributed by atoms with E-state index in [1.807, 2.05) is 20.0 Å². The molecule has 120 valence electrons. The highest BCUT2D eigenvalue weighted by Crippen LogP contribution is 2.24. The van der Waals surface area contributed by atoms with Crippen molar-refractivity contribution in [3.63, 3.8) is 0 Å². The first-order valence-electron chi connectivity index (χ1n) is 7.41. The highest BCUT2D eigenvalue weighted by atomic mass is 32.2. The van der Waals surface area contributed by atoms with E-state index in [2.05, 4.69) is 14.5 Å². The average Bonchev–Trinajstić information content (AvgIpc) is 2.82. The number of imidazole rings is 1. The Bertz CT molecular complexity index is 845. The van der Waals surface area contributed by atoms with Gasteiger partial charge in [-0.1, -0.05) is 0 Å². The summed E-state index contributed by atoms with van der Waals surface area (Å²) in [7, 11) is 0. The van der Waals surface area contributed by atoms with E-state index in [0.717, 1.165) is 47.2 Å². The maximum absolute atomic E-state index is 13.6. The summed E-state index contributed by atoms with van der Waals surface area (Å²) >= 11 is 1.41. The molecule has 0 aliphatic carbocycles. The van der Waals surface area contributed by atoms with Crippen LogP contribution in [0.15, 0.2) is 35.5 Å². The maximum Gasteiger partial charge on any atom is 0.139 e. The van der Waals surface area contributed by atoms with Gasteiger partial charge in [0.2, 0.25) is 0 Å². The molecule has 0 unspecified atom stereocenters. The lowest BCUT2D eigenvalue weighted by Crippen LogP contribution is -2.02. The lowest BCUT2D eigenvalue weighted by Gasteiger charge is -2.08. The first kappa shape index (κ1) is 15.9. The molecule has 0 fully saturated rings. The van der Waals surface area contributed by atoms with Gasteiger partial charge >= 0.3 is 0 Å². The van der Waals surface area contributed by atoms with Gasteiger partial charge in [-0.25, -0.2) is 13.8 Å². The summed E-state index contributed by atoms with van der Waals surface area (Å²) in [5.74, 6) is 0.665. The fourth-order valence-electron chi connectivity index (χ4n) is 2.64. The molecule has 0 saturated heterocycles. The molecular weight excluding hydrogens is 316 g/mol. The van der Waals surface area contributed by atoms with Gasteiger partial charge in [-0.3, -0.25) is 4.98 Å². The molecule has 2 aromatic heterocycles. The topological polar surface area (TPSA) is 30.7 Å². The summed E-state index contributed by atoms with van der Waals surface area (Å²) < 4.78 is 28.7. The zero-order valence-electron chi connectivity index (χ0n) is 13.0. The number of aromatic nitrogens is 3. The molecule has 0 N–H and O–H groups in total. The molecule has 23 heavy (non-hydrogen) atoms. The van der Waals surface area contributed by atoms with Crippen LogP contribution in [-0.4, -0.2) is 20.3 Å². The molecule has 0 atom stereocenters. The van der Waals surface area contributed by atoms with Crippen molar-refractivity contribution in [2.75, 3.05) is 5.75 Å². The number of nitrogens with zero attached hydrogens (tertiary/aromatic N) is 3. The highest BCUT2D eigenvalue weighted by Gasteiger charge is 2.10. The van der Waals surface area contributed by atoms with Crippen molar-refractivity contribution in [3.8, 4) is 0 Å². The summed E-state index contributed by atoms with van der Waals surface area (Å²) in [6, 6.07) is 3.70. The largest absolute Gasteiger partial charge is 0.328 e. The minimum absolute atomic E-state index is 0.485. The first-order chi connectivity index (χ1) is 11.1. The minimum Gasteiger partial charge on any atom is -0.328 e. The summed E-state index contributed by atoms with van der Waals surface area (Å²) in [6.45, 7) is 4.81. The number of halogens is 2. The molecule has 0 saturated carbocycles. The van der Waals surface area contributed by atoms with E-state index in [1.54, 1.807) is 6.20 Å². The van der Waals surface area contributed by atoms with Crippen LogP contribution >= 0.6 is 11.8 Å². The highest BCUT2D eigenvalue weighted by molar-refractivity contribution is 7.99. The second-order valence-electron chi connectivity index (χ2n) is 5.41. The van der Waals surface area contributed by atoms with Crippen LogP contribution in [0.5, 0.6) is 0 Å². The van der Waals surface area contributed by atoms with E-state index >= 15 is 0 Å². The van der Waals surface area contributed by atoms with Gasteiger partial charge in [0.05, 0.1) is 11.7 Å². The van der Waals surface area contributed by atoms with Crippen molar-refractivity contribution < 1.29 is 8.78 Å². The van der Waals surface area contributed by atoms with Gasteiger partial charge in [0.25, 0.3) is 0 Å². The van der Waals surface area contributed by atoms with Gasteiger partial charge in [0.1, 0.15) is 23.0 Å². The Kier molecular flexibility index (Phi) is 4.61. The van der Waals surface area contributed by atoms with Crippen LogP contribution < -0.4 is 0 Å². The van der Waals surface area contributed by atoms with E-state index in [9.17, 15) is 8.78 Å². The predicted octanol–water partition coefficient (Wildman–Crippen LogP) is 4.51. The smallest absolute Gasteiger partial charge is 0.139 e. The van der Waals surface area contributed by atoms with Crippen molar-refractivity contribution >= 4 is 22.8 Å². The third kappa shape index (κ3) is 3.37. The SMILES string of the molecule is Cc1cncc2nc(C)n(CCCSc3ccc(F)cc3F)c12. The molecule has 0 aliphatic rings. The Labute approximate surface area is 137 Å². The molecule has 0 spiro atoms. The average molecular weight is 333 g/mol. The molecule has 0 amide bonds. The van der Waals surface area contributed by atoms with Crippen LogP contribution in [0.1, 0.15) is 17.8 Å². The lowest BCUT2D eigenvalue weighted by atomic mass is 10.2. The van der Waals surface area contributed by atoms with E-state index in [-0.39, 0.29) is 0 Å². The Hall–Kier alpha value is -1.95. The van der Waals surface area contributed by atoms with E-state index < -0.39 is 11.6 Å². The van der Waals surface area contributed by atoms with Crippen LogP contribution in [0.4, 0.5) is 8.78 Å². The molecule has 0 radical (unpaired) electrons. The molecular formula is C17H17F2N3S. The third-order valence-electron chi connectivity index (χ3n) is 3.70. The summed E-state index contributed by atoms with van der Waals surface area (Å²) in [5.41, 5.74) is 3.11. The summed E-state index contributed by atoms with van der Waals surface area (Å²) in [6.07, 6.45) is 4.48. The van der Waals surface area contributed by atoms with Crippen LogP contribution in [-0.2, 0) is 6.54 Å². The molecule has 1 aromatic carbocycles. The van der Waals surface area contributed by atoms with Crippen molar-refractivity contribution in [1.82, 2.24) is 14.5 Å². The minimum atomic E-state index is -0.545. The number of thioether (sulfide) groups is 1. The Balaban J connectivity index is 1.66. The number of aryl methyl sites for hydroxylation is 3. The first-order valence-corrected chi connectivity index (χ1v) is 8.40. The Morgan fingerprint density at radius 1 is 1.17 bits per heavy atom. The van der Waals surface area contributed by atoms with Crippen LogP contribution in [0.2, 0.25) is 0 Å². The number of hydrogen-bond donors (Lipinski definition) is 0. The monoisotopic (exact) mass is 333 g/mol. The van der Waals surface area contributed by atoms with E-state index in [4.69, 9.17) is 0 Å². The second kappa shape index (κ2) is 6.66. The molecule has 3 rings (SSSR count). The fourth-order valence-corrected chi connectivity index (χ4v) is 3.50. The van der Waals surface area contributed by atoms with E-state index in [1.165, 1.54) is 23.9 Å². The van der Waals surface area contributed by atoms with Gasteiger partial charge in [0.15, 0.2) is 0 Å². The molecule has 0 aliphatic heterocycles. The van der Waals surface area contributed by atoms with Crippen LogP contribution in [0.3, 0.4) is 0 Å². The standard InChI is InChI=1S/C17H17F2N3S/c1-11-9-20-10-15-17(11)22(12(2)21-15)6-3-7-23-16-5-4-13(18)8-14(16)19/h4-5,8-10H,3,6-7H2,1-2H3. The Morgan fingerprint density at radius 2 is 2.00 bits per heavy atom. The normalized spacial score (nSPS) is 11.3. The second-order valence-corrected chi connectivity index (χ2v) is 6.55. The van der Waals surface area contributed by atoms with Gasteiger partial charge < -0.3 is 4.57 Å². The number of hydrogen-bond acceptors (Lipinski definition) is 3. The van der Waals surface area contributed by atoms with E-state index in [0.29, 0.717) is 4.90 Å². The summed E-state index contributed by atoms with van der Waals surface area (Å²) in [5, 5.41) is 0. The van der Waals surface area contributed by atoms with Gasteiger partial charge in [-0.05, 0) is 43.7 Å². The number of pyridine rings is 1. The zero-order chi connectivity index (χ0) is 16.4. The lowest BCUT2D eigenvalue weighted by molar-refractivity contribution is 0.565. The zero-order valence-corrected chi connectivity index (χ0v) is 13.8. The van der Waals surface area contributed by atoms with Crippen LogP contribution in [0, 0.1) is 25.5 Å². The molecule has 3 aromatic rings. The van der Waals surface area contributed by atoms with Crippen LogP contribution in [0.25, 0.3) is 11.0 Å². The molecule has 3 nitrogen and oxygen atoms in total. The third-order valence-corrected chi connectivity index (χ3v) is 4.84. The molecule has 6 heteroatoms.